The highest BCUT2D eigenvalue weighted by atomic mass is 31.2. The molecular formula is C24H30N3O4P. The minimum atomic E-state index is -5.39. The molecule has 3 aliphatic heterocycles. The van der Waals surface area contributed by atoms with Crippen molar-refractivity contribution in [3.8, 4) is 0 Å². The molecule has 0 radical (unpaired) electrons. The second kappa shape index (κ2) is 12.0. The minimum absolute atomic E-state index is 1.24. The van der Waals surface area contributed by atoms with Gasteiger partial charge in [-0.2, -0.15) is 7.82 Å². The highest BCUT2D eigenvalue weighted by Crippen LogP contribution is 2.13. The van der Waals surface area contributed by atoms with Gasteiger partial charge < -0.3 is 35.2 Å². The number of hydrogen-bond donors (Lipinski definition) is 3. The molecule has 0 spiro atoms. The van der Waals surface area contributed by atoms with E-state index in [4.69, 9.17) is 19.2 Å². The van der Waals surface area contributed by atoms with Crippen LogP contribution in [0.2, 0.25) is 0 Å². The molecule has 8 heteroatoms. The van der Waals surface area contributed by atoms with Gasteiger partial charge in [0, 0.05) is 36.0 Å². The Hall–Kier alpha value is -2.35. The molecular weight excluding hydrogens is 425 g/mol. The number of fused-ring (bicyclic) bond motifs is 3. The first-order valence-corrected chi connectivity index (χ1v) is 12.3. The van der Waals surface area contributed by atoms with E-state index in [-0.39, 0.29) is 0 Å². The quantitative estimate of drug-likeness (QED) is 0.280. The molecule has 170 valence electrons. The molecule has 7 nitrogen and oxygen atoms in total. The van der Waals surface area contributed by atoms with E-state index in [1.54, 1.807) is 0 Å². The highest BCUT2D eigenvalue weighted by molar-refractivity contribution is 7.40. The number of quaternary nitrogens is 3. The molecule has 0 bridgehead atoms. The summed E-state index contributed by atoms with van der Waals surface area (Å²) in [5.74, 6) is 0. The van der Waals surface area contributed by atoms with Crippen LogP contribution in [0, 0.1) is 0 Å². The van der Waals surface area contributed by atoms with E-state index >= 15 is 0 Å². The zero-order chi connectivity index (χ0) is 22.8. The largest absolute Gasteiger partial charge is 0.822 e. The Morgan fingerprint density at radius 2 is 0.781 bits per heavy atom. The standard InChI is InChI=1S/3C8H9N.H3O4P/c3*1-2-4-8-7(3-1)5-6-9-8;1-5(2,3)4/h3*1-4,9H,5-6H2;(H3,1,2,3,4). The van der Waals surface area contributed by atoms with Crippen LogP contribution in [0.25, 0.3) is 0 Å². The smallest absolute Gasteiger partial charge is 0.133 e. The summed E-state index contributed by atoms with van der Waals surface area (Å²) < 4.78 is 8.55. The molecule has 3 aromatic rings. The Morgan fingerprint density at radius 1 is 0.531 bits per heavy atom. The molecule has 6 rings (SSSR count). The lowest BCUT2D eigenvalue weighted by Crippen LogP contribution is -2.75. The number of phosphoric acid groups is 1. The lowest BCUT2D eigenvalue weighted by atomic mass is 10.2. The summed E-state index contributed by atoms with van der Waals surface area (Å²) in [6, 6.07) is 25.8. The molecule has 0 aliphatic carbocycles. The first kappa shape index (κ1) is 24.3. The summed E-state index contributed by atoms with van der Waals surface area (Å²) in [4.78, 5) is 25.6. The fraction of sp³-hybridized carbons (Fsp3) is 0.250. The number of hydrogen-bond acceptors (Lipinski definition) is 4. The number of rotatable bonds is 0. The van der Waals surface area contributed by atoms with Crippen LogP contribution in [0.5, 0.6) is 0 Å². The van der Waals surface area contributed by atoms with Crippen LogP contribution in [-0.4, -0.2) is 19.6 Å². The summed E-state index contributed by atoms with van der Waals surface area (Å²) in [5.41, 5.74) is 8.86. The number of benzene rings is 3. The molecule has 0 saturated heterocycles. The van der Waals surface area contributed by atoms with E-state index in [0.717, 1.165) is 0 Å². The zero-order valence-corrected chi connectivity index (χ0v) is 18.9. The molecule has 3 aliphatic rings. The van der Waals surface area contributed by atoms with Gasteiger partial charge in [-0.15, -0.1) is 0 Å². The normalized spacial score (nSPS) is 15.0. The van der Waals surface area contributed by atoms with Crippen molar-refractivity contribution in [2.45, 2.75) is 19.3 Å². The van der Waals surface area contributed by atoms with E-state index in [9.17, 15) is 0 Å². The van der Waals surface area contributed by atoms with Crippen molar-refractivity contribution in [3.05, 3.63) is 89.5 Å². The first-order valence-electron chi connectivity index (χ1n) is 10.9. The van der Waals surface area contributed by atoms with E-state index in [1.807, 2.05) is 0 Å². The van der Waals surface area contributed by atoms with Crippen LogP contribution >= 0.6 is 7.82 Å². The van der Waals surface area contributed by atoms with Gasteiger partial charge in [0.25, 0.3) is 0 Å². The molecule has 0 aromatic heterocycles. The molecule has 0 saturated carbocycles. The van der Waals surface area contributed by atoms with E-state index in [0.29, 0.717) is 0 Å². The Kier molecular flexibility index (Phi) is 9.14. The molecule has 6 N–H and O–H groups in total. The third-order valence-electron chi connectivity index (χ3n) is 5.50. The summed E-state index contributed by atoms with van der Waals surface area (Å²) in [5, 5.41) is 6.90. The second-order valence-corrected chi connectivity index (χ2v) is 8.67. The van der Waals surface area contributed by atoms with Crippen LogP contribution in [0.1, 0.15) is 16.7 Å². The van der Waals surface area contributed by atoms with Gasteiger partial charge in [0.05, 0.1) is 19.6 Å². The van der Waals surface area contributed by atoms with Gasteiger partial charge in [0.1, 0.15) is 17.1 Å². The van der Waals surface area contributed by atoms with Gasteiger partial charge in [0.15, 0.2) is 0 Å². The Labute approximate surface area is 188 Å². The van der Waals surface area contributed by atoms with Crippen LogP contribution in [0.4, 0.5) is 17.1 Å². The fourth-order valence-corrected chi connectivity index (χ4v) is 4.03. The van der Waals surface area contributed by atoms with Crippen molar-refractivity contribution in [3.63, 3.8) is 0 Å². The Bertz CT molecular complexity index is 860. The second-order valence-electron chi connectivity index (χ2n) is 7.77. The van der Waals surface area contributed by atoms with Gasteiger partial charge in [0.2, 0.25) is 0 Å². The van der Waals surface area contributed by atoms with Crippen LogP contribution in [0.15, 0.2) is 72.8 Å². The van der Waals surface area contributed by atoms with Crippen molar-refractivity contribution in [2.24, 2.45) is 0 Å². The van der Waals surface area contributed by atoms with Gasteiger partial charge in [-0.25, -0.2) is 0 Å². The minimum Gasteiger partial charge on any atom is -0.822 e. The van der Waals surface area contributed by atoms with Gasteiger partial charge in [-0.05, 0) is 18.2 Å². The highest BCUT2D eigenvalue weighted by Gasteiger charge is 2.12. The van der Waals surface area contributed by atoms with Crippen molar-refractivity contribution in [2.75, 3.05) is 19.6 Å². The van der Waals surface area contributed by atoms with Crippen molar-refractivity contribution >= 4 is 24.9 Å². The molecule has 32 heavy (non-hydrogen) atoms. The summed E-state index contributed by atoms with van der Waals surface area (Å²) >= 11 is 0. The monoisotopic (exact) mass is 455 g/mol. The van der Waals surface area contributed by atoms with Gasteiger partial charge in [-0.1, -0.05) is 54.6 Å². The average Bonchev–Trinajstić information content (AvgIpc) is 3.53. The Balaban J connectivity index is 0.000000123. The third-order valence-corrected chi connectivity index (χ3v) is 5.50. The van der Waals surface area contributed by atoms with Gasteiger partial charge in [-0.3, -0.25) is 0 Å². The maximum absolute atomic E-state index is 8.55. The van der Waals surface area contributed by atoms with Crippen LogP contribution in [0.3, 0.4) is 0 Å². The van der Waals surface area contributed by atoms with Crippen LogP contribution in [-0.2, 0) is 23.8 Å². The van der Waals surface area contributed by atoms with Crippen LogP contribution < -0.4 is 30.6 Å². The number of nitrogens with two attached hydrogens (primary N) is 3. The van der Waals surface area contributed by atoms with Crippen molar-refractivity contribution < 1.29 is 35.2 Å². The Morgan fingerprint density at radius 3 is 1.03 bits per heavy atom. The third kappa shape index (κ3) is 8.30. The maximum Gasteiger partial charge on any atom is 0.133 e. The van der Waals surface area contributed by atoms with E-state index in [1.165, 1.54) is 72.6 Å². The molecule has 0 atom stereocenters. The van der Waals surface area contributed by atoms with E-state index < -0.39 is 7.82 Å². The van der Waals surface area contributed by atoms with Crippen molar-refractivity contribution in [1.29, 1.82) is 0 Å². The molecule has 0 unspecified atom stereocenters. The molecule has 0 amide bonds. The first-order chi connectivity index (χ1) is 15.4. The zero-order valence-electron chi connectivity index (χ0n) is 18.0. The maximum atomic E-state index is 8.55. The fourth-order valence-electron chi connectivity index (χ4n) is 4.03. The van der Waals surface area contributed by atoms with Crippen molar-refractivity contribution in [1.82, 2.24) is 0 Å². The topological polar surface area (TPSA) is 136 Å². The SMILES string of the molecule is O=P([O-])([O-])[O-].c1ccc2c(c1)CC[NH2+]2.c1ccc2c(c1)CC[NH2+]2.c1ccc2c(c1)CC[NH2+]2. The number of para-hydroxylation sites is 3. The molecule has 0 fully saturated rings. The summed E-state index contributed by atoms with van der Waals surface area (Å²) in [7, 11) is -5.39. The predicted molar refractivity (Wildman–Crippen MR) is 117 cm³/mol. The lowest BCUT2D eigenvalue weighted by molar-refractivity contribution is -0.561. The predicted octanol–water partition coefficient (Wildman–Crippen LogP) is -1.51. The molecule has 3 heterocycles. The van der Waals surface area contributed by atoms with E-state index in [2.05, 4.69) is 88.7 Å². The van der Waals surface area contributed by atoms with Gasteiger partial charge >= 0.3 is 0 Å². The summed E-state index contributed by atoms with van der Waals surface area (Å²) in [6.45, 7) is 3.71. The summed E-state index contributed by atoms with van der Waals surface area (Å²) in [6.07, 6.45) is 3.74. The molecule has 3 aromatic carbocycles. The lowest BCUT2D eigenvalue weighted by Gasteiger charge is -2.36. The average molecular weight is 455 g/mol.